The van der Waals surface area contributed by atoms with E-state index in [1.54, 1.807) is 6.92 Å². The molecule has 6 heteroatoms. The molecule has 0 amide bonds. The van der Waals surface area contributed by atoms with E-state index < -0.39 is 18.7 Å². The van der Waals surface area contributed by atoms with Gasteiger partial charge in [0, 0.05) is 0 Å². The number of ether oxygens (including phenoxy) is 1. The molecule has 0 radical (unpaired) electrons. The summed E-state index contributed by atoms with van der Waals surface area (Å²) >= 11 is 3.18. The predicted molar refractivity (Wildman–Crippen MR) is 60.9 cm³/mol. The zero-order valence-electron chi connectivity index (χ0n) is 9.09. The molecule has 0 saturated carbocycles. The molecule has 0 aliphatic rings. The number of hydrogen-bond acceptors (Lipinski definition) is 2. The smallest absolute Gasteiger partial charge is 0.391 e. The molecule has 1 aromatic rings. The summed E-state index contributed by atoms with van der Waals surface area (Å²) in [5, 5.41) is 9.42. The molecule has 2 nitrogen and oxygen atoms in total. The fraction of sp³-hybridized carbons (Fsp3) is 0.455. The van der Waals surface area contributed by atoms with Crippen LogP contribution in [0.2, 0.25) is 0 Å². The summed E-state index contributed by atoms with van der Waals surface area (Å²) in [4.78, 5) is 0. The van der Waals surface area contributed by atoms with Crippen molar-refractivity contribution in [3.63, 3.8) is 0 Å². The average molecular weight is 313 g/mol. The van der Waals surface area contributed by atoms with Gasteiger partial charge < -0.3 is 9.84 Å². The second-order valence-electron chi connectivity index (χ2n) is 3.46. The quantitative estimate of drug-likeness (QED) is 0.915. The second kappa shape index (κ2) is 5.73. The first-order chi connectivity index (χ1) is 7.83. The van der Waals surface area contributed by atoms with Crippen molar-refractivity contribution in [2.45, 2.75) is 25.6 Å². The third-order valence-corrected chi connectivity index (χ3v) is 2.69. The van der Waals surface area contributed by atoms with Gasteiger partial charge in [-0.3, -0.25) is 0 Å². The maximum Gasteiger partial charge on any atom is 0.391 e. The largest absolute Gasteiger partial charge is 0.493 e. The van der Waals surface area contributed by atoms with Gasteiger partial charge in [-0.2, -0.15) is 13.2 Å². The highest BCUT2D eigenvalue weighted by atomic mass is 79.9. The molecule has 0 aromatic heterocycles. The molecule has 0 spiro atoms. The van der Waals surface area contributed by atoms with Crippen LogP contribution in [0.5, 0.6) is 5.75 Å². The van der Waals surface area contributed by atoms with E-state index in [0.29, 0.717) is 16.8 Å². The first-order valence-corrected chi connectivity index (χ1v) is 5.80. The summed E-state index contributed by atoms with van der Waals surface area (Å²) in [6, 6.07) is 4.38. The molecule has 0 aliphatic heterocycles. The Balaban J connectivity index is 2.82. The first-order valence-electron chi connectivity index (χ1n) is 5.00. The van der Waals surface area contributed by atoms with E-state index in [-0.39, 0.29) is 5.56 Å². The van der Waals surface area contributed by atoms with Crippen molar-refractivity contribution < 1.29 is 23.0 Å². The van der Waals surface area contributed by atoms with Crippen molar-refractivity contribution in [3.05, 3.63) is 28.2 Å². The highest BCUT2D eigenvalue weighted by molar-refractivity contribution is 9.10. The van der Waals surface area contributed by atoms with Gasteiger partial charge in [0.2, 0.25) is 0 Å². The molecule has 96 valence electrons. The number of aliphatic hydroxyl groups excluding tert-OH is 1. The van der Waals surface area contributed by atoms with Crippen molar-refractivity contribution >= 4 is 15.9 Å². The minimum Gasteiger partial charge on any atom is -0.493 e. The van der Waals surface area contributed by atoms with Crippen molar-refractivity contribution in [3.8, 4) is 5.75 Å². The lowest BCUT2D eigenvalue weighted by Gasteiger charge is -2.15. The lowest BCUT2D eigenvalue weighted by Crippen LogP contribution is -2.13. The molecule has 0 aliphatic carbocycles. The maximum absolute atomic E-state index is 12.1. The number of rotatable bonds is 4. The number of halogens is 4. The van der Waals surface area contributed by atoms with Crippen LogP contribution < -0.4 is 4.74 Å². The summed E-state index contributed by atoms with van der Waals surface area (Å²) in [7, 11) is 0. The predicted octanol–water partition coefficient (Wildman–Crippen LogP) is 3.83. The minimum atomic E-state index is -4.38. The summed E-state index contributed by atoms with van der Waals surface area (Å²) < 4.78 is 42.0. The van der Waals surface area contributed by atoms with Crippen LogP contribution in [0.25, 0.3) is 0 Å². The van der Waals surface area contributed by atoms with E-state index >= 15 is 0 Å². The maximum atomic E-state index is 12.1. The van der Waals surface area contributed by atoms with Gasteiger partial charge in [0.05, 0.1) is 23.6 Å². The van der Waals surface area contributed by atoms with E-state index in [1.165, 1.54) is 18.2 Å². The van der Waals surface area contributed by atoms with Gasteiger partial charge in [0.15, 0.2) is 0 Å². The Morgan fingerprint density at radius 2 is 2.06 bits per heavy atom. The summed E-state index contributed by atoms with van der Waals surface area (Å²) in [6.07, 6.45) is -7.19. The molecule has 1 unspecified atom stereocenters. The monoisotopic (exact) mass is 312 g/mol. The van der Waals surface area contributed by atoms with E-state index in [1.807, 2.05) is 0 Å². The molecule has 1 rings (SSSR count). The average Bonchev–Trinajstić information content (AvgIpc) is 2.18. The van der Waals surface area contributed by atoms with Crippen LogP contribution in [-0.4, -0.2) is 17.9 Å². The van der Waals surface area contributed by atoms with E-state index in [0.717, 1.165) is 0 Å². The summed E-state index contributed by atoms with van der Waals surface area (Å²) in [5.74, 6) is 0.537. The number of hydrogen-bond donors (Lipinski definition) is 1. The van der Waals surface area contributed by atoms with Gasteiger partial charge in [0.1, 0.15) is 5.75 Å². The van der Waals surface area contributed by atoms with Crippen LogP contribution in [0.3, 0.4) is 0 Å². The Labute approximate surface area is 106 Å². The fourth-order valence-electron chi connectivity index (χ4n) is 1.33. The minimum absolute atomic E-state index is 0.206. The van der Waals surface area contributed by atoms with Gasteiger partial charge in [0.25, 0.3) is 0 Å². The first kappa shape index (κ1) is 14.3. The van der Waals surface area contributed by atoms with E-state index in [2.05, 4.69) is 15.9 Å². The lowest BCUT2D eigenvalue weighted by atomic mass is 10.1. The molecule has 0 fully saturated rings. The van der Waals surface area contributed by atoms with Crippen LogP contribution in [0, 0.1) is 0 Å². The zero-order valence-corrected chi connectivity index (χ0v) is 10.7. The summed E-state index contributed by atoms with van der Waals surface area (Å²) in [6.45, 7) is 2.27. The van der Waals surface area contributed by atoms with Crippen LogP contribution >= 0.6 is 15.9 Å². The molecule has 1 N–H and O–H groups in total. The Kier molecular flexibility index (Phi) is 4.82. The Morgan fingerprint density at radius 1 is 1.41 bits per heavy atom. The molecule has 1 aromatic carbocycles. The zero-order chi connectivity index (χ0) is 13.1. The van der Waals surface area contributed by atoms with Crippen LogP contribution in [0.15, 0.2) is 22.7 Å². The molecule has 0 heterocycles. The van der Waals surface area contributed by atoms with Crippen LogP contribution in [0.4, 0.5) is 13.2 Å². The fourth-order valence-corrected chi connectivity index (χ4v) is 1.84. The topological polar surface area (TPSA) is 29.5 Å². The lowest BCUT2D eigenvalue weighted by molar-refractivity contribution is -0.154. The standard InChI is InChI=1S/C11H12BrF3O2/c1-2-17-10-4-3-7(5-8(10)12)9(16)6-11(13,14)15/h3-5,9,16H,2,6H2,1H3. The van der Waals surface area contributed by atoms with Gasteiger partial charge >= 0.3 is 6.18 Å². The van der Waals surface area contributed by atoms with Gasteiger partial charge in [-0.1, -0.05) is 6.07 Å². The van der Waals surface area contributed by atoms with Crippen molar-refractivity contribution in [2.75, 3.05) is 6.61 Å². The molecule has 17 heavy (non-hydrogen) atoms. The van der Waals surface area contributed by atoms with Crippen LogP contribution in [0.1, 0.15) is 25.0 Å². The van der Waals surface area contributed by atoms with Gasteiger partial charge in [-0.15, -0.1) is 0 Å². The normalized spacial score (nSPS) is 13.5. The Morgan fingerprint density at radius 3 is 2.53 bits per heavy atom. The highest BCUT2D eigenvalue weighted by Gasteiger charge is 2.31. The third kappa shape index (κ3) is 4.55. The molecule has 0 bridgehead atoms. The number of alkyl halides is 3. The molecular weight excluding hydrogens is 301 g/mol. The van der Waals surface area contributed by atoms with E-state index in [9.17, 15) is 18.3 Å². The van der Waals surface area contributed by atoms with Gasteiger partial charge in [-0.25, -0.2) is 0 Å². The van der Waals surface area contributed by atoms with Crippen molar-refractivity contribution in [1.82, 2.24) is 0 Å². The number of benzene rings is 1. The second-order valence-corrected chi connectivity index (χ2v) is 4.31. The van der Waals surface area contributed by atoms with Gasteiger partial charge in [-0.05, 0) is 40.5 Å². The Hall–Kier alpha value is -0.750. The van der Waals surface area contributed by atoms with Crippen molar-refractivity contribution in [2.24, 2.45) is 0 Å². The molecule has 1 atom stereocenters. The molecular formula is C11H12BrF3O2. The summed E-state index contributed by atoms with van der Waals surface area (Å²) in [5.41, 5.74) is 0.206. The highest BCUT2D eigenvalue weighted by Crippen LogP contribution is 2.33. The van der Waals surface area contributed by atoms with Crippen molar-refractivity contribution in [1.29, 1.82) is 0 Å². The molecule has 0 saturated heterocycles. The third-order valence-electron chi connectivity index (χ3n) is 2.07. The Bertz CT molecular complexity index is 379. The van der Waals surface area contributed by atoms with Crippen LogP contribution in [-0.2, 0) is 0 Å². The SMILES string of the molecule is CCOc1ccc(C(O)CC(F)(F)F)cc1Br. The van der Waals surface area contributed by atoms with E-state index in [4.69, 9.17) is 4.74 Å². The number of aliphatic hydroxyl groups is 1.